The molecular weight excluding hydrogens is 438 g/mol. The Labute approximate surface area is 206 Å². The van der Waals surface area contributed by atoms with Gasteiger partial charge in [-0.15, -0.1) is 0 Å². The van der Waals surface area contributed by atoms with Crippen LogP contribution in [0.15, 0.2) is 12.2 Å². The van der Waals surface area contributed by atoms with E-state index >= 15 is 0 Å². The van der Waals surface area contributed by atoms with Gasteiger partial charge in [0, 0.05) is 0 Å². The molecule has 0 aromatic carbocycles. The average Bonchev–Trinajstić information content (AvgIpc) is 2.84. The van der Waals surface area contributed by atoms with Crippen LogP contribution in [0.1, 0.15) is 96.8 Å². The lowest BCUT2D eigenvalue weighted by Gasteiger charge is -2.39. The van der Waals surface area contributed by atoms with Crippen molar-refractivity contribution < 1.29 is 35.0 Å². The fourth-order valence-electron chi connectivity index (χ4n) is 4.17. The smallest absolute Gasteiger partial charge is 0.186 e. The molecule has 0 aliphatic carbocycles. The Morgan fingerprint density at radius 3 is 1.88 bits per heavy atom. The molecule has 34 heavy (non-hydrogen) atoms. The summed E-state index contributed by atoms with van der Waals surface area (Å²) in [5, 5.41) is 48.9. The Morgan fingerprint density at radius 2 is 1.35 bits per heavy atom. The molecule has 1 saturated heterocycles. The van der Waals surface area contributed by atoms with Gasteiger partial charge in [-0.2, -0.15) is 0 Å². The van der Waals surface area contributed by atoms with Crippen LogP contribution in [0.25, 0.3) is 0 Å². The van der Waals surface area contributed by atoms with E-state index in [2.05, 4.69) is 6.92 Å². The molecule has 0 bridgehead atoms. The van der Waals surface area contributed by atoms with Crippen LogP contribution in [0.3, 0.4) is 0 Å². The van der Waals surface area contributed by atoms with Crippen LogP contribution in [0, 0.1) is 0 Å². The van der Waals surface area contributed by atoms with Crippen molar-refractivity contribution in [3.8, 4) is 0 Å². The minimum Gasteiger partial charge on any atom is -0.394 e. The van der Waals surface area contributed by atoms with Gasteiger partial charge in [-0.05, 0) is 12.8 Å². The van der Waals surface area contributed by atoms with Gasteiger partial charge in [-0.1, -0.05) is 96.1 Å². The van der Waals surface area contributed by atoms with Crippen LogP contribution < -0.4 is 5.73 Å². The maximum Gasteiger partial charge on any atom is 0.186 e. The van der Waals surface area contributed by atoms with Gasteiger partial charge in [0.25, 0.3) is 0 Å². The number of ether oxygens (including phenoxy) is 2. The van der Waals surface area contributed by atoms with Crippen molar-refractivity contribution in [3.63, 3.8) is 0 Å². The molecule has 1 aliphatic rings. The minimum atomic E-state index is -1.50. The zero-order valence-corrected chi connectivity index (χ0v) is 21.1. The van der Waals surface area contributed by atoms with Crippen LogP contribution in [-0.2, 0) is 9.47 Å². The molecule has 202 valence electrons. The third-order valence-corrected chi connectivity index (χ3v) is 6.55. The number of nitrogens with two attached hydrogens (primary N) is 1. The molecule has 0 aromatic rings. The van der Waals surface area contributed by atoms with Crippen LogP contribution in [0.5, 0.6) is 0 Å². The van der Waals surface area contributed by atoms with E-state index in [-0.39, 0.29) is 6.61 Å². The predicted octanol–water partition coefficient (Wildman–Crippen LogP) is 2.53. The number of aliphatic hydroxyl groups is 5. The number of rotatable bonds is 20. The highest BCUT2D eigenvalue weighted by molar-refractivity contribution is 4.94. The first-order valence-electron chi connectivity index (χ1n) is 13.4. The van der Waals surface area contributed by atoms with Gasteiger partial charge in [-0.25, -0.2) is 0 Å². The van der Waals surface area contributed by atoms with Gasteiger partial charge in [0.15, 0.2) is 6.29 Å². The topological polar surface area (TPSA) is 146 Å². The minimum absolute atomic E-state index is 0.118. The van der Waals surface area contributed by atoms with E-state index in [4.69, 9.17) is 15.2 Å². The molecule has 0 spiro atoms. The molecule has 1 heterocycles. The van der Waals surface area contributed by atoms with E-state index in [1.54, 1.807) is 6.08 Å². The van der Waals surface area contributed by atoms with Crippen molar-refractivity contribution in [3.05, 3.63) is 12.2 Å². The van der Waals surface area contributed by atoms with E-state index in [0.717, 1.165) is 12.8 Å². The molecule has 8 heteroatoms. The lowest BCUT2D eigenvalue weighted by Crippen LogP contribution is -2.59. The van der Waals surface area contributed by atoms with Gasteiger partial charge in [0.05, 0.1) is 25.4 Å². The van der Waals surface area contributed by atoms with Crippen LogP contribution >= 0.6 is 0 Å². The first kappa shape index (κ1) is 31.4. The standard InChI is InChI=1S/C26H51NO7/c1-2-3-4-5-6-7-8-9-10-11-12-13-14-15-16-17-21(29)20(27)19-33-26-25(32)24(31)23(30)22(18-28)34-26/h16-17,20-26,28-32H,2-15,18-19,27H2,1H3/b17-16+/t20-,21+,22?,23+,24?,25-,26+/m0/s1. The molecule has 8 nitrogen and oxygen atoms in total. The summed E-state index contributed by atoms with van der Waals surface area (Å²) in [6, 6.07) is -0.740. The van der Waals surface area contributed by atoms with Crippen molar-refractivity contribution in [1.82, 2.24) is 0 Å². The predicted molar refractivity (Wildman–Crippen MR) is 133 cm³/mol. The molecular formula is C26H51NO7. The maximum atomic E-state index is 10.2. The Hall–Kier alpha value is -0.580. The third-order valence-electron chi connectivity index (χ3n) is 6.55. The van der Waals surface area contributed by atoms with Gasteiger partial charge in [0.1, 0.15) is 24.4 Å². The highest BCUT2D eigenvalue weighted by atomic mass is 16.7. The summed E-state index contributed by atoms with van der Waals surface area (Å²) in [5.41, 5.74) is 5.94. The number of hydrogen-bond donors (Lipinski definition) is 6. The maximum absolute atomic E-state index is 10.2. The Morgan fingerprint density at radius 1 is 0.824 bits per heavy atom. The first-order chi connectivity index (χ1) is 16.4. The van der Waals surface area contributed by atoms with E-state index in [0.29, 0.717) is 0 Å². The normalized spacial score (nSPS) is 27.3. The monoisotopic (exact) mass is 489 g/mol. The summed E-state index contributed by atoms with van der Waals surface area (Å²) in [7, 11) is 0. The SMILES string of the molecule is CCCCCCCCCCCCCCC/C=C/[C@@H](O)[C@@H](N)CO[C@@H]1OC(CO)[C@@H](O)C(O)[C@@H]1O. The first-order valence-corrected chi connectivity index (χ1v) is 13.4. The van der Waals surface area contributed by atoms with E-state index in [9.17, 15) is 25.5 Å². The summed E-state index contributed by atoms with van der Waals surface area (Å²) >= 11 is 0. The average molecular weight is 490 g/mol. The lowest BCUT2D eigenvalue weighted by molar-refractivity contribution is -0.302. The molecule has 7 atom stereocenters. The number of hydrogen-bond acceptors (Lipinski definition) is 8. The largest absolute Gasteiger partial charge is 0.394 e. The highest BCUT2D eigenvalue weighted by Crippen LogP contribution is 2.22. The summed E-state index contributed by atoms with van der Waals surface area (Å²) in [5.74, 6) is 0. The molecule has 7 N–H and O–H groups in total. The Kier molecular flexibility index (Phi) is 18.1. The summed E-state index contributed by atoms with van der Waals surface area (Å²) in [6.07, 6.45) is 14.0. The second-order valence-electron chi connectivity index (χ2n) is 9.64. The lowest BCUT2D eigenvalue weighted by atomic mass is 9.99. The van der Waals surface area contributed by atoms with Crippen molar-refractivity contribution in [2.45, 2.75) is 140 Å². The van der Waals surface area contributed by atoms with E-state index < -0.39 is 49.5 Å². The summed E-state index contributed by atoms with van der Waals surface area (Å²) in [6.45, 7) is 1.61. The fourth-order valence-corrected chi connectivity index (χ4v) is 4.17. The summed E-state index contributed by atoms with van der Waals surface area (Å²) in [4.78, 5) is 0. The van der Waals surface area contributed by atoms with Crippen LogP contribution in [0.4, 0.5) is 0 Å². The molecule has 1 fully saturated rings. The molecule has 0 aromatic heterocycles. The zero-order valence-electron chi connectivity index (χ0n) is 21.1. The number of unbranched alkanes of at least 4 members (excludes halogenated alkanes) is 13. The molecule has 1 rings (SSSR count). The highest BCUT2D eigenvalue weighted by Gasteiger charge is 2.44. The van der Waals surface area contributed by atoms with Gasteiger partial charge < -0.3 is 40.7 Å². The molecule has 1 aliphatic heterocycles. The van der Waals surface area contributed by atoms with Crippen molar-refractivity contribution in [2.75, 3.05) is 13.2 Å². The Bertz CT molecular complexity index is 506. The zero-order chi connectivity index (χ0) is 25.2. The van der Waals surface area contributed by atoms with Gasteiger partial charge >= 0.3 is 0 Å². The van der Waals surface area contributed by atoms with Crippen molar-refractivity contribution >= 4 is 0 Å². The molecule has 0 amide bonds. The second kappa shape index (κ2) is 19.6. The number of aliphatic hydroxyl groups excluding tert-OH is 5. The molecule has 0 radical (unpaired) electrons. The van der Waals surface area contributed by atoms with Gasteiger partial charge in [0.2, 0.25) is 0 Å². The fraction of sp³-hybridized carbons (Fsp3) is 0.923. The van der Waals surface area contributed by atoms with Crippen molar-refractivity contribution in [1.29, 1.82) is 0 Å². The van der Waals surface area contributed by atoms with Crippen LogP contribution in [0.2, 0.25) is 0 Å². The molecule has 2 unspecified atom stereocenters. The number of allylic oxidation sites excluding steroid dienone is 1. The van der Waals surface area contributed by atoms with E-state index in [1.807, 2.05) is 6.08 Å². The van der Waals surface area contributed by atoms with Gasteiger partial charge in [-0.3, -0.25) is 0 Å². The second-order valence-corrected chi connectivity index (χ2v) is 9.64. The Balaban J connectivity index is 2.04. The van der Waals surface area contributed by atoms with Crippen molar-refractivity contribution in [2.24, 2.45) is 5.73 Å². The quantitative estimate of drug-likeness (QED) is 0.113. The summed E-state index contributed by atoms with van der Waals surface area (Å²) < 4.78 is 10.6. The van der Waals surface area contributed by atoms with E-state index in [1.165, 1.54) is 77.0 Å². The van der Waals surface area contributed by atoms with Crippen LogP contribution in [-0.4, -0.2) is 81.6 Å². The third kappa shape index (κ3) is 12.9. The molecule has 0 saturated carbocycles.